The first-order valence-corrected chi connectivity index (χ1v) is 24.9. The van der Waals surface area contributed by atoms with E-state index < -0.39 is 6.85 Å². The molecule has 0 N–H and O–H groups in total. The van der Waals surface area contributed by atoms with Crippen LogP contribution in [0.15, 0.2) is 144 Å². The van der Waals surface area contributed by atoms with Gasteiger partial charge in [0, 0.05) is 52.6 Å². The van der Waals surface area contributed by atoms with E-state index in [2.05, 4.69) is 183 Å². The summed E-state index contributed by atoms with van der Waals surface area (Å²) in [5.74, 6) is 1.75. The molecule has 0 aliphatic heterocycles. The molecule has 8 aromatic carbocycles. The van der Waals surface area contributed by atoms with E-state index in [9.17, 15) is 0 Å². The summed E-state index contributed by atoms with van der Waals surface area (Å²) in [5.41, 5.74) is 15.7. The average molecular weight is 1120 g/mol. The predicted octanol–water partition coefficient (Wildman–Crippen LogP) is 18.1. The van der Waals surface area contributed by atoms with Crippen molar-refractivity contribution >= 4 is 54.5 Å². The average Bonchev–Trinajstić information content (AvgIpc) is 3.96. The summed E-state index contributed by atoms with van der Waals surface area (Å²) < 4.78 is 35.1. The molecular formula is C66H64IrN4O-2. The maximum Gasteiger partial charge on any atom is 0.121 e. The molecule has 0 unspecified atom stereocenters. The van der Waals surface area contributed by atoms with Gasteiger partial charge in [-0.25, -0.2) is 0 Å². The Morgan fingerprint density at radius 1 is 0.653 bits per heavy atom. The minimum Gasteiger partial charge on any atom is -0.501 e. The second kappa shape index (κ2) is 19.4. The molecule has 0 spiro atoms. The van der Waals surface area contributed by atoms with Gasteiger partial charge >= 0.3 is 0 Å². The summed E-state index contributed by atoms with van der Waals surface area (Å²) in [6.45, 7) is 24.4. The van der Waals surface area contributed by atoms with Crippen LogP contribution in [0.2, 0.25) is 0 Å². The van der Waals surface area contributed by atoms with Gasteiger partial charge in [0.1, 0.15) is 5.58 Å². The Kier molecular flexibility index (Phi) is 12.5. The summed E-state index contributed by atoms with van der Waals surface area (Å²) in [7, 11) is 0. The predicted molar refractivity (Wildman–Crippen MR) is 299 cm³/mol. The first-order chi connectivity index (χ1) is 35.1. The van der Waals surface area contributed by atoms with E-state index in [1.165, 1.54) is 38.9 Å². The van der Waals surface area contributed by atoms with Crippen molar-refractivity contribution in [2.24, 2.45) is 0 Å². The molecule has 11 rings (SSSR count). The van der Waals surface area contributed by atoms with E-state index in [1.807, 2.05) is 60.8 Å². The molecule has 0 saturated carbocycles. The summed E-state index contributed by atoms with van der Waals surface area (Å²) in [5, 5.41) is 5.67. The fourth-order valence-corrected chi connectivity index (χ4v) is 10.2. The molecule has 0 fully saturated rings. The van der Waals surface area contributed by atoms with Gasteiger partial charge in [-0.05, 0) is 134 Å². The molecule has 0 aliphatic rings. The topological polar surface area (TPSA) is 56.7 Å². The number of benzene rings is 8. The zero-order valence-corrected chi connectivity index (χ0v) is 45.9. The van der Waals surface area contributed by atoms with Gasteiger partial charge in [-0.15, -0.1) is 53.6 Å². The minimum atomic E-state index is -2.39. The van der Waals surface area contributed by atoms with E-state index in [0.29, 0.717) is 27.9 Å². The first kappa shape index (κ1) is 46.4. The van der Waals surface area contributed by atoms with E-state index in [0.717, 1.165) is 60.7 Å². The number of furan rings is 1. The number of aromatic nitrogens is 4. The molecule has 3 heterocycles. The van der Waals surface area contributed by atoms with E-state index in [-0.39, 0.29) is 48.3 Å². The number of para-hydroxylation sites is 2. The summed E-state index contributed by atoms with van der Waals surface area (Å²) in [6, 6.07) is 52.3. The Balaban J connectivity index is 0.000000346. The molecule has 0 saturated heterocycles. The summed E-state index contributed by atoms with van der Waals surface area (Å²) >= 11 is 0. The molecule has 1 radical (unpaired) electrons. The maximum atomic E-state index is 8.64. The molecule has 3 aromatic heterocycles. The number of hydrogen-bond donors (Lipinski definition) is 0. The molecule has 72 heavy (non-hydrogen) atoms. The zero-order valence-electron chi connectivity index (χ0n) is 46.5. The van der Waals surface area contributed by atoms with E-state index in [4.69, 9.17) is 13.5 Å². The van der Waals surface area contributed by atoms with Crippen LogP contribution in [0.5, 0.6) is 0 Å². The van der Waals surface area contributed by atoms with Gasteiger partial charge in [0.2, 0.25) is 0 Å². The quantitative estimate of drug-likeness (QED) is 0.123. The molecule has 365 valence electrons. The Morgan fingerprint density at radius 3 is 2.00 bits per heavy atom. The van der Waals surface area contributed by atoms with Gasteiger partial charge in [0.25, 0.3) is 0 Å². The van der Waals surface area contributed by atoms with Gasteiger partial charge in [0.05, 0.1) is 28.3 Å². The molecule has 0 aliphatic carbocycles. The molecule has 0 atom stereocenters. The summed E-state index contributed by atoms with van der Waals surface area (Å²) in [6.07, 6.45) is 1.81. The second-order valence-electron chi connectivity index (χ2n) is 21.8. The fourth-order valence-electron chi connectivity index (χ4n) is 10.2. The Hall–Kier alpha value is -6.72. The Labute approximate surface area is 443 Å². The van der Waals surface area contributed by atoms with Crippen molar-refractivity contribution in [2.75, 3.05) is 0 Å². The molecule has 5 nitrogen and oxygen atoms in total. The fraction of sp³-hybridized carbons (Fsp3) is 0.258. The molecule has 0 amide bonds. The van der Waals surface area contributed by atoms with Gasteiger partial charge in [-0.1, -0.05) is 148 Å². The van der Waals surface area contributed by atoms with Crippen molar-refractivity contribution in [1.82, 2.24) is 19.5 Å². The Bertz CT molecular complexity index is 3890. The normalized spacial score (nSPS) is 12.9. The van der Waals surface area contributed by atoms with Crippen LogP contribution in [0.3, 0.4) is 0 Å². The van der Waals surface area contributed by atoms with Gasteiger partial charge in [-0.2, -0.15) is 0 Å². The van der Waals surface area contributed by atoms with Crippen LogP contribution in [0.4, 0.5) is 0 Å². The van der Waals surface area contributed by atoms with Gasteiger partial charge in [0.15, 0.2) is 0 Å². The van der Waals surface area contributed by atoms with Crippen molar-refractivity contribution in [1.29, 1.82) is 0 Å². The van der Waals surface area contributed by atoms with Crippen LogP contribution < -0.4 is 0 Å². The Morgan fingerprint density at radius 2 is 1.33 bits per heavy atom. The second-order valence-corrected chi connectivity index (χ2v) is 21.8. The van der Waals surface area contributed by atoms with Crippen LogP contribution in [0.1, 0.15) is 124 Å². The van der Waals surface area contributed by atoms with E-state index >= 15 is 0 Å². The van der Waals surface area contributed by atoms with E-state index in [1.54, 1.807) is 6.07 Å². The molecule has 0 bridgehead atoms. The number of nitrogens with zero attached hydrogens (tertiary/aromatic N) is 4. The van der Waals surface area contributed by atoms with Crippen molar-refractivity contribution in [3.63, 3.8) is 0 Å². The number of fused-ring (bicyclic) bond motifs is 7. The third-order valence-corrected chi connectivity index (χ3v) is 13.9. The first-order valence-electron chi connectivity index (χ1n) is 26.4. The smallest absolute Gasteiger partial charge is 0.121 e. The van der Waals surface area contributed by atoms with Gasteiger partial charge < -0.3 is 8.98 Å². The molecular weight excluding hydrogens is 1060 g/mol. The van der Waals surface area contributed by atoms with Crippen LogP contribution in [-0.2, 0) is 30.9 Å². The van der Waals surface area contributed by atoms with Crippen LogP contribution in [0, 0.1) is 32.8 Å². The molecule has 11 aromatic rings. The monoisotopic (exact) mass is 1120 g/mol. The SMILES string of the molecule is CC(C)(C)c1ccnc(-c2[c-]cccc2)n1.[2H]C([2H])([2H])c1c[c-]c(-c2nc3ccccc3n2-c2c(C(C)C)cc(-c3c(C)cc(C(C)(C)C)cc3C)cc2C(C)C)c2oc3cc4c(ccc5ccccc54)cc3c12.[Ir]. The van der Waals surface area contributed by atoms with Crippen molar-refractivity contribution < 1.29 is 28.6 Å². The van der Waals surface area contributed by atoms with Crippen LogP contribution in [0.25, 0.3) is 94.1 Å². The maximum absolute atomic E-state index is 8.64. The van der Waals surface area contributed by atoms with Crippen molar-refractivity contribution in [3.05, 3.63) is 191 Å². The van der Waals surface area contributed by atoms with Crippen molar-refractivity contribution in [2.45, 2.75) is 113 Å². The van der Waals surface area contributed by atoms with Crippen molar-refractivity contribution in [3.8, 4) is 39.6 Å². The number of aryl methyl sites for hydroxylation is 3. The largest absolute Gasteiger partial charge is 0.501 e. The van der Waals surface area contributed by atoms with Gasteiger partial charge in [-0.3, -0.25) is 15.0 Å². The standard InChI is InChI=1S/C52H49N2O.C14H15N2.Ir/c1-29(2)40-26-36(47-32(6)23-37(24-33(47)7)52(8,9)10)27-41(30(3)4)49(40)54-45-18-14-13-17-44(45)53-51(54)39-22-19-31(5)48-43-25-35-21-20-34-15-11-12-16-38(34)42(35)28-46(43)55-50(39)48;1-14(2,3)12-9-10-15-13(16-12)11-7-5-4-6-8-11;/h11-21,23-30H,1-10H3;4-7,9-10H,1-3H3;/q2*-1;/i5D3;;. The number of imidazole rings is 1. The summed E-state index contributed by atoms with van der Waals surface area (Å²) in [4.78, 5) is 14.2. The molecule has 6 heteroatoms. The van der Waals surface area contributed by atoms with Crippen LogP contribution in [-0.4, -0.2) is 19.5 Å². The third-order valence-electron chi connectivity index (χ3n) is 13.9. The zero-order chi connectivity index (χ0) is 52.6. The number of hydrogen-bond acceptors (Lipinski definition) is 4. The van der Waals surface area contributed by atoms with Crippen LogP contribution >= 0.6 is 0 Å². The number of rotatable bonds is 6. The third kappa shape index (κ3) is 9.21. The minimum absolute atomic E-state index is 0.